The van der Waals surface area contributed by atoms with E-state index in [9.17, 15) is 0 Å². The van der Waals surface area contributed by atoms with E-state index in [2.05, 4.69) is 31.4 Å². The lowest BCUT2D eigenvalue weighted by Crippen LogP contribution is -2.46. The third-order valence-corrected chi connectivity index (χ3v) is 5.14. The molecule has 0 amide bonds. The highest BCUT2D eigenvalue weighted by atomic mass is 127. The van der Waals surface area contributed by atoms with Crippen molar-refractivity contribution in [1.82, 2.24) is 10.6 Å². The van der Waals surface area contributed by atoms with Crippen molar-refractivity contribution in [3.05, 3.63) is 0 Å². The van der Waals surface area contributed by atoms with Crippen LogP contribution in [0.15, 0.2) is 4.99 Å². The van der Waals surface area contributed by atoms with Gasteiger partial charge in [0.1, 0.15) is 0 Å². The third-order valence-electron chi connectivity index (χ3n) is 5.14. The number of hydrogen-bond donors (Lipinski definition) is 2. The Balaban J connectivity index is 0.00000288. The van der Waals surface area contributed by atoms with E-state index in [0.29, 0.717) is 5.41 Å². The Morgan fingerprint density at radius 2 is 1.88 bits per heavy atom. The number of nitrogens with one attached hydrogen (secondary N) is 2. The zero-order valence-electron chi connectivity index (χ0n) is 15.7. The molecule has 0 atom stereocenters. The second-order valence-electron chi connectivity index (χ2n) is 7.51. The number of hydrogen-bond acceptors (Lipinski definition) is 3. The van der Waals surface area contributed by atoms with Crippen LogP contribution < -0.4 is 10.6 Å². The fourth-order valence-electron chi connectivity index (χ4n) is 3.50. The molecule has 0 aromatic heterocycles. The van der Waals surface area contributed by atoms with E-state index in [1.165, 1.54) is 25.7 Å². The van der Waals surface area contributed by atoms with E-state index >= 15 is 0 Å². The molecule has 1 aliphatic heterocycles. The summed E-state index contributed by atoms with van der Waals surface area (Å²) in [4.78, 5) is 4.78. The monoisotopic (exact) mass is 453 g/mol. The van der Waals surface area contributed by atoms with Gasteiger partial charge >= 0.3 is 0 Å². The van der Waals surface area contributed by atoms with Crippen molar-refractivity contribution in [2.45, 2.75) is 52.9 Å². The Kier molecular flexibility index (Phi) is 9.89. The molecule has 0 bridgehead atoms. The van der Waals surface area contributed by atoms with Crippen LogP contribution in [-0.2, 0) is 9.47 Å². The molecule has 5 nitrogen and oxygen atoms in total. The summed E-state index contributed by atoms with van der Waals surface area (Å²) in [7, 11) is 0. The maximum atomic E-state index is 5.60. The van der Waals surface area contributed by atoms with Gasteiger partial charge in [-0.25, -0.2) is 0 Å². The highest BCUT2D eigenvalue weighted by Gasteiger charge is 2.35. The van der Waals surface area contributed by atoms with Crippen LogP contribution in [0.4, 0.5) is 0 Å². The molecular formula is C18H36IN3O2. The van der Waals surface area contributed by atoms with Crippen LogP contribution in [0.2, 0.25) is 0 Å². The van der Waals surface area contributed by atoms with E-state index in [1.807, 2.05) is 0 Å². The summed E-state index contributed by atoms with van der Waals surface area (Å²) in [5.41, 5.74) is 0.608. The molecule has 142 valence electrons. The van der Waals surface area contributed by atoms with E-state index in [0.717, 1.165) is 58.4 Å². The SMILES string of the molecule is CCNC(=NCC1(C)COC1)NCC1(CCOCC)CCCC1.I. The van der Waals surface area contributed by atoms with Gasteiger partial charge in [0.05, 0.1) is 19.8 Å². The van der Waals surface area contributed by atoms with Gasteiger partial charge in [0.15, 0.2) is 5.96 Å². The Labute approximate surface area is 164 Å². The Bertz CT molecular complexity index is 380. The van der Waals surface area contributed by atoms with Crippen LogP contribution in [0.25, 0.3) is 0 Å². The number of nitrogens with zero attached hydrogens (tertiary/aromatic N) is 1. The number of ether oxygens (including phenoxy) is 2. The van der Waals surface area contributed by atoms with Crippen molar-refractivity contribution in [1.29, 1.82) is 0 Å². The van der Waals surface area contributed by atoms with Gasteiger partial charge in [0, 0.05) is 31.7 Å². The molecule has 1 heterocycles. The van der Waals surface area contributed by atoms with Gasteiger partial charge in [-0.05, 0) is 38.5 Å². The maximum absolute atomic E-state index is 5.60. The Hall–Kier alpha value is -0.0800. The van der Waals surface area contributed by atoms with Gasteiger partial charge in [-0.2, -0.15) is 0 Å². The first-order valence-corrected chi connectivity index (χ1v) is 9.29. The summed E-state index contributed by atoms with van der Waals surface area (Å²) in [6.07, 6.45) is 6.45. The van der Waals surface area contributed by atoms with Crippen LogP contribution in [0.5, 0.6) is 0 Å². The molecule has 2 rings (SSSR count). The zero-order valence-corrected chi connectivity index (χ0v) is 18.0. The number of aliphatic imine (C=N–C) groups is 1. The normalized spacial score (nSPS) is 21.7. The maximum Gasteiger partial charge on any atom is 0.191 e. The molecule has 2 N–H and O–H groups in total. The van der Waals surface area contributed by atoms with Gasteiger partial charge in [-0.15, -0.1) is 24.0 Å². The molecule has 0 unspecified atom stereocenters. The van der Waals surface area contributed by atoms with Gasteiger partial charge in [0.25, 0.3) is 0 Å². The molecule has 2 aliphatic rings. The van der Waals surface area contributed by atoms with Gasteiger partial charge < -0.3 is 20.1 Å². The highest BCUT2D eigenvalue weighted by molar-refractivity contribution is 14.0. The lowest BCUT2D eigenvalue weighted by atomic mass is 9.83. The second kappa shape index (κ2) is 10.8. The summed E-state index contributed by atoms with van der Waals surface area (Å²) in [6, 6.07) is 0. The molecular weight excluding hydrogens is 417 g/mol. The van der Waals surface area contributed by atoms with Crippen molar-refractivity contribution in [2.24, 2.45) is 15.8 Å². The smallest absolute Gasteiger partial charge is 0.191 e. The van der Waals surface area contributed by atoms with Gasteiger partial charge in [0.2, 0.25) is 0 Å². The van der Waals surface area contributed by atoms with Gasteiger partial charge in [-0.3, -0.25) is 4.99 Å². The predicted molar refractivity (Wildman–Crippen MR) is 110 cm³/mol. The Morgan fingerprint density at radius 1 is 1.17 bits per heavy atom. The quantitative estimate of drug-likeness (QED) is 0.244. The molecule has 6 heteroatoms. The molecule has 0 radical (unpaired) electrons. The predicted octanol–water partition coefficient (Wildman–Crippen LogP) is 3.18. The average Bonchev–Trinajstić information content (AvgIpc) is 2.98. The Morgan fingerprint density at radius 3 is 2.42 bits per heavy atom. The first-order valence-electron chi connectivity index (χ1n) is 9.29. The van der Waals surface area contributed by atoms with Crippen molar-refractivity contribution in [2.75, 3.05) is 46.1 Å². The third kappa shape index (κ3) is 6.67. The molecule has 1 aliphatic carbocycles. The second-order valence-corrected chi connectivity index (χ2v) is 7.51. The molecule has 2 fully saturated rings. The van der Waals surface area contributed by atoms with Crippen LogP contribution in [0, 0.1) is 10.8 Å². The minimum Gasteiger partial charge on any atom is -0.382 e. The fraction of sp³-hybridized carbons (Fsp3) is 0.944. The molecule has 1 saturated carbocycles. The van der Waals surface area contributed by atoms with Gasteiger partial charge in [-0.1, -0.05) is 19.8 Å². The van der Waals surface area contributed by atoms with Crippen LogP contribution in [0.3, 0.4) is 0 Å². The standard InChI is InChI=1S/C18H35N3O2.HI/c1-4-19-16(20-12-17(3)14-23-15-17)21-13-18(8-6-7-9-18)10-11-22-5-2;/h4-15H2,1-3H3,(H2,19,20,21);1H. The minimum absolute atomic E-state index is 0. The van der Waals surface area contributed by atoms with Crippen molar-refractivity contribution >= 4 is 29.9 Å². The molecule has 1 saturated heterocycles. The average molecular weight is 453 g/mol. The summed E-state index contributed by atoms with van der Waals surface area (Å²) in [5, 5.41) is 6.97. The van der Waals surface area contributed by atoms with Crippen LogP contribution in [0.1, 0.15) is 52.9 Å². The topological polar surface area (TPSA) is 54.9 Å². The van der Waals surface area contributed by atoms with Crippen LogP contribution in [-0.4, -0.2) is 52.0 Å². The summed E-state index contributed by atoms with van der Waals surface area (Å²) in [5.74, 6) is 0.948. The van der Waals surface area contributed by atoms with E-state index in [1.54, 1.807) is 0 Å². The zero-order chi connectivity index (χ0) is 16.6. The first kappa shape index (κ1) is 22.0. The molecule has 0 aromatic rings. The minimum atomic E-state index is 0. The largest absolute Gasteiger partial charge is 0.382 e. The number of halogens is 1. The summed E-state index contributed by atoms with van der Waals surface area (Å²) in [6.45, 7) is 12.5. The van der Waals surface area contributed by atoms with Crippen molar-refractivity contribution < 1.29 is 9.47 Å². The molecule has 0 aromatic carbocycles. The molecule has 0 spiro atoms. The van der Waals surface area contributed by atoms with Crippen LogP contribution >= 0.6 is 24.0 Å². The van der Waals surface area contributed by atoms with Crippen molar-refractivity contribution in [3.8, 4) is 0 Å². The molecule has 24 heavy (non-hydrogen) atoms. The van der Waals surface area contributed by atoms with E-state index < -0.39 is 0 Å². The lowest BCUT2D eigenvalue weighted by Gasteiger charge is -2.37. The fourth-order valence-corrected chi connectivity index (χ4v) is 3.50. The number of rotatable bonds is 9. The lowest BCUT2D eigenvalue weighted by molar-refractivity contribution is -0.0945. The highest BCUT2D eigenvalue weighted by Crippen LogP contribution is 2.40. The van der Waals surface area contributed by atoms with E-state index in [-0.39, 0.29) is 29.4 Å². The van der Waals surface area contributed by atoms with Crippen molar-refractivity contribution in [3.63, 3.8) is 0 Å². The van der Waals surface area contributed by atoms with E-state index in [4.69, 9.17) is 14.5 Å². The summed E-state index contributed by atoms with van der Waals surface area (Å²) < 4.78 is 10.9. The first-order chi connectivity index (χ1) is 11.1. The summed E-state index contributed by atoms with van der Waals surface area (Å²) >= 11 is 0. The number of guanidine groups is 1.